The van der Waals surface area contributed by atoms with Crippen LogP contribution in [0.3, 0.4) is 0 Å². The van der Waals surface area contributed by atoms with Crippen LogP contribution in [-0.4, -0.2) is 43.4 Å². The summed E-state index contributed by atoms with van der Waals surface area (Å²) in [7, 11) is 3.49. The van der Waals surface area contributed by atoms with Crippen LogP contribution in [0.4, 0.5) is 0 Å². The Balaban J connectivity index is 0.00000288. The van der Waals surface area contributed by atoms with E-state index in [0.717, 1.165) is 22.9 Å². The Bertz CT molecular complexity index is 579. The molecule has 2 N–H and O–H groups in total. The van der Waals surface area contributed by atoms with Gasteiger partial charge in [0, 0.05) is 24.6 Å². The molecule has 0 aliphatic heterocycles. The summed E-state index contributed by atoms with van der Waals surface area (Å²) in [6, 6.07) is 8.42. The molecule has 0 saturated heterocycles. The van der Waals surface area contributed by atoms with Crippen LogP contribution in [0.5, 0.6) is 0 Å². The number of hydrogen-bond acceptors (Lipinski definition) is 2. The van der Waals surface area contributed by atoms with Crippen molar-refractivity contribution in [1.29, 1.82) is 0 Å². The molecule has 0 unspecified atom stereocenters. The minimum Gasteiger partial charge on any atom is -0.353 e. The quantitative estimate of drug-likeness (QED) is 0.279. The number of benzene rings is 1. The first-order valence-corrected chi connectivity index (χ1v) is 8.48. The number of hydrogen-bond donors (Lipinski definition) is 2. The average molecular weight is 507 g/mol. The largest absolute Gasteiger partial charge is 0.353 e. The van der Waals surface area contributed by atoms with E-state index < -0.39 is 0 Å². The summed E-state index contributed by atoms with van der Waals surface area (Å²) >= 11 is 3.43. The Hall–Kier alpha value is -1.09. The van der Waals surface area contributed by atoms with E-state index in [4.69, 9.17) is 0 Å². The third-order valence-electron chi connectivity index (χ3n) is 3.59. The van der Waals surface area contributed by atoms with Crippen molar-refractivity contribution in [2.45, 2.75) is 25.4 Å². The molecular weight excluding hydrogens is 483 g/mol. The van der Waals surface area contributed by atoms with Gasteiger partial charge in [-0.15, -0.1) is 24.0 Å². The Morgan fingerprint density at radius 3 is 2.46 bits per heavy atom. The highest BCUT2D eigenvalue weighted by Gasteiger charge is 2.13. The fourth-order valence-electron chi connectivity index (χ4n) is 2.16. The second-order valence-electron chi connectivity index (χ2n) is 5.72. The van der Waals surface area contributed by atoms with Crippen molar-refractivity contribution in [3.05, 3.63) is 46.5 Å². The Morgan fingerprint density at radius 2 is 1.88 bits per heavy atom. The molecular formula is C17H24BrIN4O. The molecule has 1 amide bonds. The number of carbonyl (C=O) groups excluding carboxylic acids is 1. The molecule has 1 aliphatic carbocycles. The van der Waals surface area contributed by atoms with Gasteiger partial charge in [0.25, 0.3) is 0 Å². The Labute approximate surface area is 169 Å². The van der Waals surface area contributed by atoms with Gasteiger partial charge in [-0.2, -0.15) is 0 Å². The highest BCUT2D eigenvalue weighted by molar-refractivity contribution is 14.0. The lowest BCUT2D eigenvalue weighted by molar-refractivity contribution is -0.127. The predicted molar refractivity (Wildman–Crippen MR) is 113 cm³/mol. The van der Waals surface area contributed by atoms with Crippen LogP contribution in [0.15, 0.2) is 45.9 Å². The molecule has 0 fully saturated rings. The fourth-order valence-corrected chi connectivity index (χ4v) is 2.42. The monoisotopic (exact) mass is 506 g/mol. The van der Waals surface area contributed by atoms with Crippen LogP contribution in [0.25, 0.3) is 0 Å². The van der Waals surface area contributed by atoms with Gasteiger partial charge in [-0.3, -0.25) is 4.79 Å². The van der Waals surface area contributed by atoms with Crippen molar-refractivity contribution in [2.24, 2.45) is 4.99 Å². The van der Waals surface area contributed by atoms with E-state index in [-0.39, 0.29) is 36.4 Å². The molecule has 5 nitrogen and oxygen atoms in total. The first-order valence-electron chi connectivity index (χ1n) is 7.69. The number of amides is 1. The molecule has 7 heteroatoms. The molecule has 1 aromatic rings. The summed E-state index contributed by atoms with van der Waals surface area (Å²) in [5.74, 6) is 0.699. The van der Waals surface area contributed by atoms with E-state index in [9.17, 15) is 4.79 Å². The standard InChI is InChI=1S/C17H23BrN4O.HI/c1-22(2)16(23)12-20-17(21-15-5-3-4-6-15)19-11-13-7-9-14(18)10-8-13;/h3-4,7-10,15H,5-6,11-12H2,1-2H3,(H2,19,20,21);1H. The van der Waals surface area contributed by atoms with Crippen molar-refractivity contribution >= 4 is 51.8 Å². The number of rotatable bonds is 5. The average Bonchev–Trinajstić information content (AvgIpc) is 3.04. The normalized spacial score (nSPS) is 14.2. The third-order valence-corrected chi connectivity index (χ3v) is 4.12. The molecule has 1 aliphatic rings. The van der Waals surface area contributed by atoms with E-state index in [2.05, 4.69) is 43.7 Å². The van der Waals surface area contributed by atoms with Crippen LogP contribution >= 0.6 is 39.9 Å². The first-order chi connectivity index (χ1) is 11.0. The first kappa shape index (κ1) is 21.0. The van der Waals surface area contributed by atoms with Crippen molar-refractivity contribution in [2.75, 3.05) is 20.6 Å². The van der Waals surface area contributed by atoms with Crippen molar-refractivity contribution in [3.63, 3.8) is 0 Å². The zero-order chi connectivity index (χ0) is 16.7. The molecule has 0 bridgehead atoms. The number of guanidine groups is 1. The van der Waals surface area contributed by atoms with Crippen molar-refractivity contribution in [1.82, 2.24) is 15.5 Å². The SMILES string of the molecule is CN(C)C(=O)CNC(=NCc1ccc(Br)cc1)NC1CC=CC1.I. The van der Waals surface area contributed by atoms with Gasteiger partial charge in [-0.05, 0) is 30.5 Å². The number of halogens is 2. The van der Waals surface area contributed by atoms with Gasteiger partial charge in [-0.1, -0.05) is 40.2 Å². The van der Waals surface area contributed by atoms with Gasteiger partial charge in [-0.25, -0.2) is 4.99 Å². The fraction of sp³-hybridized carbons (Fsp3) is 0.412. The summed E-state index contributed by atoms with van der Waals surface area (Å²) < 4.78 is 1.05. The highest BCUT2D eigenvalue weighted by atomic mass is 127. The van der Waals surface area contributed by atoms with Gasteiger partial charge in [0.1, 0.15) is 0 Å². The maximum Gasteiger partial charge on any atom is 0.241 e. The zero-order valence-electron chi connectivity index (χ0n) is 14.0. The number of likely N-dealkylation sites (N-methyl/N-ethyl adjacent to an activating group) is 1. The number of nitrogens with one attached hydrogen (secondary N) is 2. The van der Waals surface area contributed by atoms with Crippen LogP contribution < -0.4 is 10.6 Å². The molecule has 1 aromatic carbocycles. The van der Waals surface area contributed by atoms with Crippen molar-refractivity contribution < 1.29 is 4.79 Å². The smallest absolute Gasteiger partial charge is 0.241 e. The lowest BCUT2D eigenvalue weighted by Crippen LogP contribution is -2.46. The number of nitrogens with zero attached hydrogens (tertiary/aromatic N) is 2. The maximum atomic E-state index is 11.8. The zero-order valence-corrected chi connectivity index (χ0v) is 17.9. The Kier molecular flexibility index (Phi) is 9.35. The molecule has 0 saturated carbocycles. The predicted octanol–water partition coefficient (Wildman–Crippen LogP) is 2.91. The molecule has 24 heavy (non-hydrogen) atoms. The van der Waals surface area contributed by atoms with Crippen molar-refractivity contribution in [3.8, 4) is 0 Å². The summed E-state index contributed by atoms with van der Waals surface area (Å²) in [4.78, 5) is 17.9. The van der Waals surface area contributed by atoms with E-state index in [1.165, 1.54) is 0 Å². The van der Waals surface area contributed by atoms with E-state index in [0.29, 0.717) is 18.5 Å². The molecule has 0 radical (unpaired) electrons. The van der Waals surface area contributed by atoms with Gasteiger partial charge in [0.2, 0.25) is 5.91 Å². The lowest BCUT2D eigenvalue weighted by Gasteiger charge is -2.18. The topological polar surface area (TPSA) is 56.7 Å². The summed E-state index contributed by atoms with van der Waals surface area (Å²) in [6.07, 6.45) is 6.30. The molecule has 0 aromatic heterocycles. The van der Waals surface area contributed by atoms with E-state index in [1.54, 1.807) is 19.0 Å². The van der Waals surface area contributed by atoms with Gasteiger partial charge >= 0.3 is 0 Å². The second kappa shape index (κ2) is 10.7. The molecule has 2 rings (SSSR count). The number of carbonyl (C=O) groups is 1. The third kappa shape index (κ3) is 7.21. The van der Waals surface area contributed by atoms with Gasteiger partial charge < -0.3 is 15.5 Å². The summed E-state index contributed by atoms with van der Waals surface area (Å²) in [5, 5.41) is 6.51. The van der Waals surface area contributed by atoms with E-state index >= 15 is 0 Å². The van der Waals surface area contributed by atoms with E-state index in [1.807, 2.05) is 24.3 Å². The molecule has 0 atom stereocenters. The van der Waals surface area contributed by atoms with Crippen LogP contribution in [-0.2, 0) is 11.3 Å². The van der Waals surface area contributed by atoms with Crippen LogP contribution in [0.2, 0.25) is 0 Å². The number of aliphatic imine (C=N–C) groups is 1. The molecule has 0 heterocycles. The van der Waals surface area contributed by atoms with Gasteiger partial charge in [0.05, 0.1) is 13.1 Å². The van der Waals surface area contributed by atoms with Gasteiger partial charge in [0.15, 0.2) is 5.96 Å². The summed E-state index contributed by atoms with van der Waals surface area (Å²) in [6.45, 7) is 0.804. The van der Waals surface area contributed by atoms with Crippen LogP contribution in [0.1, 0.15) is 18.4 Å². The lowest BCUT2D eigenvalue weighted by atomic mass is 10.2. The second-order valence-corrected chi connectivity index (χ2v) is 6.63. The minimum atomic E-state index is 0. The maximum absolute atomic E-state index is 11.8. The van der Waals surface area contributed by atoms with Crippen LogP contribution in [0, 0.1) is 0 Å². The molecule has 0 spiro atoms. The Morgan fingerprint density at radius 1 is 1.25 bits per heavy atom. The minimum absolute atomic E-state index is 0. The summed E-state index contributed by atoms with van der Waals surface area (Å²) in [5.41, 5.74) is 1.12. The highest BCUT2D eigenvalue weighted by Crippen LogP contribution is 2.11. The molecule has 132 valence electrons.